The molecule has 0 bridgehead atoms. The number of carboxylic acid groups (broad SMARTS) is 2. The largest absolute Gasteiger partial charge is 0.478 e. The lowest BCUT2D eigenvalue weighted by Gasteiger charge is -2.07. The molecule has 7 nitrogen and oxygen atoms in total. The van der Waals surface area contributed by atoms with E-state index in [1.54, 1.807) is 0 Å². The maximum Gasteiger partial charge on any atom is 0.338 e. The standard InChI is InChI=1S/C8H5ClO7S/c9-6-4(17(14,15)16)2-1-3(7(10)11)5(6)8(12)13/h1-2H,(H,10,11)(H,12,13)(H,14,15,16). The minimum Gasteiger partial charge on any atom is -0.478 e. The summed E-state index contributed by atoms with van der Waals surface area (Å²) in [4.78, 5) is 20.6. The molecule has 9 heteroatoms. The van der Waals surface area contributed by atoms with Gasteiger partial charge in [0.05, 0.1) is 16.1 Å². The van der Waals surface area contributed by atoms with Crippen molar-refractivity contribution in [2.24, 2.45) is 0 Å². The Morgan fingerprint density at radius 1 is 1.12 bits per heavy atom. The predicted octanol–water partition coefficient (Wildman–Crippen LogP) is 0.983. The summed E-state index contributed by atoms with van der Waals surface area (Å²) in [6.07, 6.45) is 0. The second-order valence-corrected chi connectivity index (χ2v) is 4.65. The summed E-state index contributed by atoms with van der Waals surface area (Å²) in [6.45, 7) is 0. The number of rotatable bonds is 3. The lowest BCUT2D eigenvalue weighted by molar-refractivity contribution is 0.0651. The summed E-state index contributed by atoms with van der Waals surface area (Å²) in [6, 6.07) is 1.45. The molecule has 0 atom stereocenters. The highest BCUT2D eigenvalue weighted by Gasteiger charge is 2.26. The van der Waals surface area contributed by atoms with Gasteiger partial charge in [-0.2, -0.15) is 8.42 Å². The monoisotopic (exact) mass is 280 g/mol. The molecule has 17 heavy (non-hydrogen) atoms. The Labute approximate surface area is 100 Å². The lowest BCUT2D eigenvalue weighted by atomic mass is 10.1. The van der Waals surface area contributed by atoms with Gasteiger partial charge in [-0.25, -0.2) is 9.59 Å². The van der Waals surface area contributed by atoms with Gasteiger partial charge in [-0.15, -0.1) is 0 Å². The third kappa shape index (κ3) is 2.54. The Bertz CT molecular complexity index is 605. The first-order valence-electron chi connectivity index (χ1n) is 3.93. The van der Waals surface area contributed by atoms with E-state index in [0.29, 0.717) is 6.07 Å². The van der Waals surface area contributed by atoms with E-state index in [0.717, 1.165) is 6.07 Å². The van der Waals surface area contributed by atoms with Crippen molar-refractivity contribution in [3.63, 3.8) is 0 Å². The van der Waals surface area contributed by atoms with Crippen LogP contribution in [0.25, 0.3) is 0 Å². The van der Waals surface area contributed by atoms with Crippen molar-refractivity contribution < 1.29 is 32.8 Å². The van der Waals surface area contributed by atoms with Gasteiger partial charge in [-0.05, 0) is 12.1 Å². The summed E-state index contributed by atoms with van der Waals surface area (Å²) in [7, 11) is -4.72. The first kappa shape index (κ1) is 13.4. The number of hydrogen-bond donors (Lipinski definition) is 3. The van der Waals surface area contributed by atoms with Crippen molar-refractivity contribution in [2.75, 3.05) is 0 Å². The zero-order valence-electron chi connectivity index (χ0n) is 7.92. The van der Waals surface area contributed by atoms with E-state index in [2.05, 4.69) is 0 Å². The zero-order valence-corrected chi connectivity index (χ0v) is 9.49. The molecule has 92 valence electrons. The molecule has 1 rings (SSSR count). The van der Waals surface area contributed by atoms with Gasteiger partial charge in [0, 0.05) is 0 Å². The fourth-order valence-electron chi connectivity index (χ4n) is 1.14. The molecule has 0 aliphatic carbocycles. The normalized spacial score (nSPS) is 11.2. The highest BCUT2D eigenvalue weighted by molar-refractivity contribution is 7.86. The van der Waals surface area contributed by atoms with Crippen LogP contribution in [0.5, 0.6) is 0 Å². The maximum atomic E-state index is 10.8. The molecule has 0 unspecified atom stereocenters. The van der Waals surface area contributed by atoms with Crippen LogP contribution in [0.4, 0.5) is 0 Å². The van der Waals surface area contributed by atoms with Crippen LogP contribution in [0.1, 0.15) is 20.7 Å². The number of carboxylic acids is 2. The van der Waals surface area contributed by atoms with Gasteiger partial charge < -0.3 is 10.2 Å². The Morgan fingerprint density at radius 2 is 1.65 bits per heavy atom. The van der Waals surface area contributed by atoms with Gasteiger partial charge in [-0.3, -0.25) is 4.55 Å². The van der Waals surface area contributed by atoms with Crippen LogP contribution >= 0.6 is 11.6 Å². The molecule has 0 heterocycles. The predicted molar refractivity (Wildman–Crippen MR) is 55.2 cm³/mol. The average Bonchev–Trinajstić information content (AvgIpc) is 2.13. The molecular weight excluding hydrogens is 276 g/mol. The van der Waals surface area contributed by atoms with Crippen molar-refractivity contribution >= 4 is 33.7 Å². The Balaban J connectivity index is 3.73. The van der Waals surface area contributed by atoms with E-state index in [-0.39, 0.29) is 0 Å². The summed E-state index contributed by atoms with van der Waals surface area (Å²) in [5.74, 6) is -3.29. The fraction of sp³-hybridized carbons (Fsp3) is 0. The molecule has 0 aliphatic rings. The number of aromatic carboxylic acids is 2. The SMILES string of the molecule is O=C(O)c1ccc(S(=O)(=O)O)c(Cl)c1C(=O)O. The van der Waals surface area contributed by atoms with E-state index in [4.69, 9.17) is 26.4 Å². The van der Waals surface area contributed by atoms with Crippen molar-refractivity contribution in [1.82, 2.24) is 0 Å². The van der Waals surface area contributed by atoms with Crippen LogP contribution in [0.2, 0.25) is 5.02 Å². The highest BCUT2D eigenvalue weighted by Crippen LogP contribution is 2.28. The molecule has 0 radical (unpaired) electrons. The molecule has 0 saturated heterocycles. The van der Waals surface area contributed by atoms with Crippen LogP contribution in [-0.4, -0.2) is 35.1 Å². The Kier molecular flexibility index (Phi) is 3.41. The Morgan fingerprint density at radius 3 is 2.00 bits per heavy atom. The van der Waals surface area contributed by atoms with Crippen LogP contribution < -0.4 is 0 Å². The second kappa shape index (κ2) is 4.32. The third-order valence-corrected chi connectivity index (χ3v) is 3.23. The van der Waals surface area contributed by atoms with Gasteiger partial charge >= 0.3 is 11.9 Å². The summed E-state index contributed by atoms with van der Waals surface area (Å²) < 4.78 is 30.4. The molecule has 3 N–H and O–H groups in total. The first-order chi connectivity index (χ1) is 7.66. The molecule has 0 aromatic heterocycles. The number of hydrogen-bond acceptors (Lipinski definition) is 4. The molecule has 1 aromatic rings. The topological polar surface area (TPSA) is 129 Å². The molecule has 0 spiro atoms. The minimum atomic E-state index is -4.72. The number of carbonyl (C=O) groups is 2. The lowest BCUT2D eigenvalue weighted by Crippen LogP contribution is -2.11. The van der Waals surface area contributed by atoms with Gasteiger partial charge in [0.1, 0.15) is 4.90 Å². The molecule has 1 aromatic carbocycles. The van der Waals surface area contributed by atoms with E-state index in [1.165, 1.54) is 0 Å². The fourth-order valence-corrected chi connectivity index (χ4v) is 2.25. The summed E-state index contributed by atoms with van der Waals surface area (Å²) in [5.41, 5.74) is -1.57. The van der Waals surface area contributed by atoms with Crippen LogP contribution in [-0.2, 0) is 10.1 Å². The molecule has 0 aliphatic heterocycles. The van der Waals surface area contributed by atoms with Crippen LogP contribution in [0, 0.1) is 0 Å². The van der Waals surface area contributed by atoms with E-state index < -0.39 is 43.1 Å². The maximum absolute atomic E-state index is 10.8. The van der Waals surface area contributed by atoms with Crippen molar-refractivity contribution in [1.29, 1.82) is 0 Å². The molecule has 0 saturated carbocycles. The van der Waals surface area contributed by atoms with Gasteiger partial charge in [-0.1, -0.05) is 11.6 Å². The molecular formula is C8H5ClO7S. The minimum absolute atomic E-state index is 0.671. The number of benzene rings is 1. The zero-order chi connectivity index (χ0) is 13.4. The van der Waals surface area contributed by atoms with Crippen molar-refractivity contribution in [3.05, 3.63) is 28.3 Å². The van der Waals surface area contributed by atoms with E-state index in [1.807, 2.05) is 0 Å². The third-order valence-electron chi connectivity index (χ3n) is 1.83. The van der Waals surface area contributed by atoms with Crippen molar-refractivity contribution in [3.8, 4) is 0 Å². The van der Waals surface area contributed by atoms with Gasteiger partial charge in [0.25, 0.3) is 10.1 Å². The summed E-state index contributed by atoms with van der Waals surface area (Å²) >= 11 is 5.45. The van der Waals surface area contributed by atoms with E-state index >= 15 is 0 Å². The molecule has 0 amide bonds. The number of halogens is 1. The highest BCUT2D eigenvalue weighted by atomic mass is 35.5. The first-order valence-corrected chi connectivity index (χ1v) is 5.74. The van der Waals surface area contributed by atoms with Crippen molar-refractivity contribution in [2.45, 2.75) is 4.90 Å². The quantitative estimate of drug-likeness (QED) is 0.704. The van der Waals surface area contributed by atoms with Gasteiger partial charge in [0.15, 0.2) is 0 Å². The van der Waals surface area contributed by atoms with Crippen LogP contribution in [0.3, 0.4) is 0 Å². The summed E-state index contributed by atoms with van der Waals surface area (Å²) in [5, 5.41) is 16.6. The second-order valence-electron chi connectivity index (χ2n) is 2.89. The van der Waals surface area contributed by atoms with E-state index in [9.17, 15) is 18.0 Å². The van der Waals surface area contributed by atoms with Gasteiger partial charge in [0.2, 0.25) is 0 Å². The Hall–Kier alpha value is -1.64. The molecule has 0 fully saturated rings. The average molecular weight is 281 g/mol. The smallest absolute Gasteiger partial charge is 0.338 e. The van der Waals surface area contributed by atoms with Crippen LogP contribution in [0.15, 0.2) is 17.0 Å².